The van der Waals surface area contributed by atoms with Gasteiger partial charge in [-0.25, -0.2) is 0 Å². The Balaban J connectivity index is 2.36. The number of aldehydes is 1. The largest absolute Gasteiger partial charge is 0.298 e. The molecule has 0 saturated heterocycles. The van der Waals surface area contributed by atoms with Crippen LogP contribution in [0.15, 0.2) is 40.4 Å². The van der Waals surface area contributed by atoms with Gasteiger partial charge in [0, 0.05) is 11.5 Å². The minimum Gasteiger partial charge on any atom is -0.298 e. The van der Waals surface area contributed by atoms with Gasteiger partial charge < -0.3 is 0 Å². The van der Waals surface area contributed by atoms with Crippen LogP contribution in [-0.2, 0) is 4.79 Å². The molecule has 0 aromatic heterocycles. The molecule has 1 aliphatic heterocycles. The molecule has 0 N–H and O–H groups in total. The number of carbonyl (C=O) groups is 1. The molecule has 3 heteroatoms. The van der Waals surface area contributed by atoms with Crippen molar-refractivity contribution in [3.05, 3.63) is 35.5 Å². The van der Waals surface area contributed by atoms with Gasteiger partial charge in [-0.1, -0.05) is 41.5 Å². The molecule has 2 nitrogen and oxygen atoms in total. The second-order valence-electron chi connectivity index (χ2n) is 3.50. The zero-order valence-corrected chi connectivity index (χ0v) is 8.53. The van der Waals surface area contributed by atoms with Gasteiger partial charge in [0.2, 0.25) is 0 Å². The maximum atomic E-state index is 10.7. The predicted molar refractivity (Wildman–Crippen MR) is 57.6 cm³/mol. The van der Waals surface area contributed by atoms with E-state index in [1.54, 1.807) is 0 Å². The quantitative estimate of drug-likeness (QED) is 0.607. The van der Waals surface area contributed by atoms with E-state index in [1.165, 1.54) is 5.57 Å². The predicted octanol–water partition coefficient (Wildman–Crippen LogP) is 2.26. The van der Waals surface area contributed by atoms with Crippen LogP contribution in [0, 0.1) is 5.92 Å². The maximum absolute atomic E-state index is 10.7. The highest BCUT2D eigenvalue weighted by atomic mass is 35.5. The van der Waals surface area contributed by atoms with Crippen molar-refractivity contribution in [3.8, 4) is 0 Å². The third-order valence-corrected chi connectivity index (χ3v) is 2.72. The minimum atomic E-state index is 0.0647. The van der Waals surface area contributed by atoms with Gasteiger partial charge in [0.1, 0.15) is 5.17 Å². The minimum absolute atomic E-state index is 0.0647. The summed E-state index contributed by atoms with van der Waals surface area (Å²) in [5, 5.41) is 0.318. The van der Waals surface area contributed by atoms with Gasteiger partial charge in [-0.15, -0.1) is 0 Å². The van der Waals surface area contributed by atoms with Crippen molar-refractivity contribution in [2.75, 3.05) is 0 Å². The van der Waals surface area contributed by atoms with Crippen molar-refractivity contribution in [1.82, 2.24) is 0 Å². The third kappa shape index (κ3) is 1.58. The van der Waals surface area contributed by atoms with E-state index in [2.05, 4.69) is 11.1 Å². The summed E-state index contributed by atoms with van der Waals surface area (Å²) >= 11 is 5.83. The van der Waals surface area contributed by atoms with Crippen LogP contribution in [-0.4, -0.2) is 17.5 Å². The van der Waals surface area contributed by atoms with E-state index in [0.717, 1.165) is 6.29 Å². The molecular formula is C11H10ClNO. The van der Waals surface area contributed by atoms with E-state index in [4.69, 9.17) is 11.6 Å². The number of aliphatic imine (C=N–C) groups is 1. The second kappa shape index (κ2) is 3.54. The van der Waals surface area contributed by atoms with E-state index in [1.807, 2.05) is 25.2 Å². The van der Waals surface area contributed by atoms with E-state index < -0.39 is 0 Å². The molecule has 0 spiro atoms. The highest BCUT2D eigenvalue weighted by molar-refractivity contribution is 6.71. The summed E-state index contributed by atoms with van der Waals surface area (Å²) in [5.41, 5.74) is 1.69. The van der Waals surface area contributed by atoms with Crippen LogP contribution in [0.25, 0.3) is 0 Å². The van der Waals surface area contributed by atoms with Crippen LogP contribution >= 0.6 is 11.6 Å². The zero-order chi connectivity index (χ0) is 10.1. The summed E-state index contributed by atoms with van der Waals surface area (Å²) < 4.78 is 0. The fraction of sp³-hybridized carbons (Fsp3) is 0.273. The fourth-order valence-electron chi connectivity index (χ4n) is 1.68. The summed E-state index contributed by atoms with van der Waals surface area (Å²) in [5.74, 6) is 0.183. The Morgan fingerprint density at radius 2 is 2.29 bits per heavy atom. The highest BCUT2D eigenvalue weighted by Gasteiger charge is 2.23. The molecule has 0 radical (unpaired) electrons. The van der Waals surface area contributed by atoms with Gasteiger partial charge >= 0.3 is 0 Å². The first kappa shape index (κ1) is 9.41. The molecule has 1 aliphatic carbocycles. The lowest BCUT2D eigenvalue weighted by atomic mass is 9.89. The number of carbonyl (C=O) groups excluding carboxylic acids is 1. The standard InChI is InChI=1S/C11H10ClNO/c1-7-2-3-10-8(4-7)5-9(6-14)11(12)13-10/h2-6,8,10H,1H3/t8-,10+/m1/s1. The Hall–Kier alpha value is -1.15. The van der Waals surface area contributed by atoms with Crippen molar-refractivity contribution in [1.29, 1.82) is 0 Å². The average Bonchev–Trinajstić information content (AvgIpc) is 2.17. The Morgan fingerprint density at radius 3 is 3.00 bits per heavy atom. The van der Waals surface area contributed by atoms with E-state index >= 15 is 0 Å². The first-order valence-corrected chi connectivity index (χ1v) is 4.86. The summed E-state index contributed by atoms with van der Waals surface area (Å²) in [4.78, 5) is 14.9. The Labute approximate surface area is 87.7 Å². The van der Waals surface area contributed by atoms with Crippen LogP contribution in [0.1, 0.15) is 6.92 Å². The van der Waals surface area contributed by atoms with Crippen LogP contribution < -0.4 is 0 Å². The molecule has 0 bridgehead atoms. The summed E-state index contributed by atoms with van der Waals surface area (Å²) in [6.45, 7) is 2.03. The number of dihydropyridines is 1. The average molecular weight is 208 g/mol. The summed E-state index contributed by atoms with van der Waals surface area (Å²) in [7, 11) is 0. The maximum Gasteiger partial charge on any atom is 0.152 e. The lowest BCUT2D eigenvalue weighted by Crippen LogP contribution is -2.22. The van der Waals surface area contributed by atoms with Crippen LogP contribution in [0.2, 0.25) is 0 Å². The molecule has 0 amide bonds. The van der Waals surface area contributed by atoms with Gasteiger partial charge in [-0.2, -0.15) is 0 Å². The van der Waals surface area contributed by atoms with Gasteiger partial charge in [-0.3, -0.25) is 9.79 Å². The van der Waals surface area contributed by atoms with Gasteiger partial charge in [0.05, 0.1) is 6.04 Å². The number of allylic oxidation sites excluding steroid dienone is 3. The molecule has 2 atom stereocenters. The normalized spacial score (nSPS) is 30.0. The van der Waals surface area contributed by atoms with Gasteiger partial charge in [-0.05, 0) is 6.92 Å². The zero-order valence-electron chi connectivity index (χ0n) is 7.77. The molecule has 72 valence electrons. The first-order valence-electron chi connectivity index (χ1n) is 4.48. The third-order valence-electron chi connectivity index (χ3n) is 2.41. The van der Waals surface area contributed by atoms with Crippen molar-refractivity contribution >= 4 is 23.1 Å². The monoisotopic (exact) mass is 207 g/mol. The Morgan fingerprint density at radius 1 is 1.50 bits per heavy atom. The van der Waals surface area contributed by atoms with Crippen LogP contribution in [0.5, 0.6) is 0 Å². The molecular weight excluding hydrogens is 198 g/mol. The number of rotatable bonds is 1. The topological polar surface area (TPSA) is 29.4 Å². The Kier molecular flexibility index (Phi) is 2.38. The highest BCUT2D eigenvalue weighted by Crippen LogP contribution is 2.27. The molecule has 2 aliphatic rings. The van der Waals surface area contributed by atoms with Crippen LogP contribution in [0.4, 0.5) is 0 Å². The molecule has 0 unspecified atom stereocenters. The van der Waals surface area contributed by atoms with E-state index in [-0.39, 0.29) is 12.0 Å². The SMILES string of the molecule is CC1=C[C@@H]2C=C(C=O)C(Cl)=N[C@H]2C=C1. The molecule has 1 heterocycles. The smallest absolute Gasteiger partial charge is 0.152 e. The molecule has 0 saturated carbocycles. The molecule has 14 heavy (non-hydrogen) atoms. The van der Waals surface area contributed by atoms with Gasteiger partial charge in [0.15, 0.2) is 6.29 Å². The van der Waals surface area contributed by atoms with Crippen LogP contribution in [0.3, 0.4) is 0 Å². The van der Waals surface area contributed by atoms with Crippen molar-refractivity contribution in [2.45, 2.75) is 13.0 Å². The first-order chi connectivity index (χ1) is 6.70. The van der Waals surface area contributed by atoms with E-state index in [0.29, 0.717) is 10.7 Å². The molecule has 0 fully saturated rings. The molecule has 0 aromatic carbocycles. The van der Waals surface area contributed by atoms with Crippen molar-refractivity contribution in [3.63, 3.8) is 0 Å². The second-order valence-corrected chi connectivity index (χ2v) is 3.86. The van der Waals surface area contributed by atoms with Crippen molar-refractivity contribution < 1.29 is 4.79 Å². The fourth-order valence-corrected chi connectivity index (χ4v) is 1.90. The number of fused-ring (bicyclic) bond motifs is 1. The van der Waals surface area contributed by atoms with Crippen molar-refractivity contribution in [2.24, 2.45) is 10.9 Å². The Bertz CT molecular complexity index is 390. The summed E-state index contributed by atoms with van der Waals surface area (Å²) in [6, 6.07) is 0.0647. The number of nitrogens with zero attached hydrogens (tertiary/aromatic N) is 1. The summed E-state index contributed by atoms with van der Waals surface area (Å²) in [6.07, 6.45) is 8.76. The van der Waals surface area contributed by atoms with E-state index in [9.17, 15) is 4.79 Å². The number of hydrogen-bond acceptors (Lipinski definition) is 2. The lowest BCUT2D eigenvalue weighted by molar-refractivity contribution is -0.104. The lowest BCUT2D eigenvalue weighted by Gasteiger charge is -2.23. The number of halogens is 1. The van der Waals surface area contributed by atoms with Gasteiger partial charge in [0.25, 0.3) is 0 Å². The molecule has 2 rings (SSSR count). The number of hydrogen-bond donors (Lipinski definition) is 0. The molecule has 0 aromatic rings.